The van der Waals surface area contributed by atoms with E-state index in [1.165, 1.54) is 5.56 Å². The van der Waals surface area contributed by atoms with E-state index in [1.807, 2.05) is 36.7 Å². The second-order valence-electron chi connectivity index (χ2n) is 5.82. The molecule has 0 aliphatic heterocycles. The van der Waals surface area contributed by atoms with Crippen molar-refractivity contribution in [1.82, 2.24) is 19.9 Å². The minimum Gasteiger partial charge on any atom is -0.350 e. The van der Waals surface area contributed by atoms with Gasteiger partial charge in [0.1, 0.15) is 5.52 Å². The molecule has 3 rings (SSSR count). The van der Waals surface area contributed by atoms with Crippen LogP contribution in [0.2, 0.25) is 0 Å². The van der Waals surface area contributed by atoms with E-state index in [4.69, 9.17) is 0 Å². The monoisotopic (exact) mass is 308 g/mol. The number of nitrogens with zero attached hydrogens (tertiary/aromatic N) is 3. The zero-order valence-corrected chi connectivity index (χ0v) is 13.4. The Bertz CT molecular complexity index is 810. The van der Waals surface area contributed by atoms with Crippen LogP contribution in [0.25, 0.3) is 11.2 Å². The van der Waals surface area contributed by atoms with Gasteiger partial charge in [0.05, 0.1) is 11.9 Å². The SMILES string of the molecule is CC(CCc1ccccc1)NC(=O)c1cnc2c(c1)ncn2C. The van der Waals surface area contributed by atoms with Crippen LogP contribution in [-0.4, -0.2) is 26.5 Å². The second-order valence-corrected chi connectivity index (χ2v) is 5.82. The summed E-state index contributed by atoms with van der Waals surface area (Å²) < 4.78 is 1.83. The Morgan fingerprint density at radius 2 is 2.04 bits per heavy atom. The normalized spacial score (nSPS) is 12.3. The summed E-state index contributed by atoms with van der Waals surface area (Å²) in [5.74, 6) is -0.106. The fourth-order valence-electron chi connectivity index (χ4n) is 2.55. The smallest absolute Gasteiger partial charge is 0.253 e. The molecule has 23 heavy (non-hydrogen) atoms. The Kier molecular flexibility index (Phi) is 4.37. The van der Waals surface area contributed by atoms with Crippen LogP contribution < -0.4 is 5.32 Å². The van der Waals surface area contributed by atoms with Gasteiger partial charge in [-0.25, -0.2) is 9.97 Å². The molecule has 2 aromatic heterocycles. The minimum atomic E-state index is -0.106. The van der Waals surface area contributed by atoms with E-state index in [0.717, 1.165) is 24.0 Å². The Morgan fingerprint density at radius 1 is 1.26 bits per heavy atom. The number of hydrogen-bond acceptors (Lipinski definition) is 3. The molecule has 5 heteroatoms. The summed E-state index contributed by atoms with van der Waals surface area (Å²) in [7, 11) is 1.88. The number of nitrogens with one attached hydrogen (secondary N) is 1. The van der Waals surface area contributed by atoms with Crippen molar-refractivity contribution in [3.63, 3.8) is 0 Å². The number of fused-ring (bicyclic) bond motifs is 1. The third kappa shape index (κ3) is 3.56. The van der Waals surface area contributed by atoms with Crippen LogP contribution in [0.3, 0.4) is 0 Å². The van der Waals surface area contributed by atoms with Crippen LogP contribution in [0, 0.1) is 0 Å². The number of carbonyl (C=O) groups excluding carboxylic acids is 1. The van der Waals surface area contributed by atoms with Crippen molar-refractivity contribution in [3.05, 3.63) is 60.0 Å². The molecule has 0 aliphatic carbocycles. The minimum absolute atomic E-state index is 0.0992. The average Bonchev–Trinajstić information content (AvgIpc) is 2.94. The average molecular weight is 308 g/mol. The number of carbonyl (C=O) groups is 1. The molecule has 1 amide bonds. The van der Waals surface area contributed by atoms with Crippen molar-refractivity contribution >= 4 is 17.1 Å². The molecule has 0 bridgehead atoms. The standard InChI is InChI=1S/C18H20N4O/c1-13(8-9-14-6-4-3-5-7-14)21-18(23)15-10-16-17(19-11-15)22(2)12-20-16/h3-7,10-13H,8-9H2,1-2H3,(H,21,23). The predicted octanol–water partition coefficient (Wildman–Crippen LogP) is 2.72. The Labute approximate surface area is 135 Å². The molecule has 1 N–H and O–H groups in total. The van der Waals surface area contributed by atoms with Gasteiger partial charge in [0.2, 0.25) is 0 Å². The fourth-order valence-corrected chi connectivity index (χ4v) is 2.55. The van der Waals surface area contributed by atoms with Gasteiger partial charge in [0.25, 0.3) is 5.91 Å². The molecule has 0 fully saturated rings. The van der Waals surface area contributed by atoms with E-state index >= 15 is 0 Å². The maximum atomic E-state index is 12.3. The first-order chi connectivity index (χ1) is 11.1. The lowest BCUT2D eigenvalue weighted by molar-refractivity contribution is 0.0938. The highest BCUT2D eigenvalue weighted by molar-refractivity contribution is 5.96. The fraction of sp³-hybridized carbons (Fsp3) is 0.278. The van der Waals surface area contributed by atoms with E-state index in [1.54, 1.807) is 18.6 Å². The van der Waals surface area contributed by atoms with Crippen LogP contribution in [0.1, 0.15) is 29.3 Å². The van der Waals surface area contributed by atoms with Crippen LogP contribution in [-0.2, 0) is 13.5 Å². The highest BCUT2D eigenvalue weighted by Gasteiger charge is 2.12. The third-order valence-corrected chi connectivity index (χ3v) is 3.90. The maximum absolute atomic E-state index is 12.3. The Morgan fingerprint density at radius 3 is 2.83 bits per heavy atom. The van der Waals surface area contributed by atoms with E-state index in [2.05, 4.69) is 27.4 Å². The zero-order valence-electron chi connectivity index (χ0n) is 13.4. The molecule has 2 heterocycles. The van der Waals surface area contributed by atoms with Gasteiger partial charge in [-0.05, 0) is 31.4 Å². The van der Waals surface area contributed by atoms with Crippen molar-refractivity contribution < 1.29 is 4.79 Å². The van der Waals surface area contributed by atoms with Crippen LogP contribution in [0.4, 0.5) is 0 Å². The first-order valence-corrected chi connectivity index (χ1v) is 7.75. The first-order valence-electron chi connectivity index (χ1n) is 7.75. The maximum Gasteiger partial charge on any atom is 0.253 e. The molecule has 0 saturated heterocycles. The number of aromatic nitrogens is 3. The molecule has 0 saturated carbocycles. The van der Waals surface area contributed by atoms with Crippen molar-refractivity contribution in [1.29, 1.82) is 0 Å². The lowest BCUT2D eigenvalue weighted by atomic mass is 10.1. The number of pyridine rings is 1. The summed E-state index contributed by atoms with van der Waals surface area (Å²) in [6, 6.07) is 12.2. The van der Waals surface area contributed by atoms with Gasteiger partial charge in [0, 0.05) is 19.3 Å². The lowest BCUT2D eigenvalue weighted by Crippen LogP contribution is -2.33. The van der Waals surface area contributed by atoms with Gasteiger partial charge in [-0.2, -0.15) is 0 Å². The molecule has 1 aromatic carbocycles. The van der Waals surface area contributed by atoms with Crippen molar-refractivity contribution in [2.24, 2.45) is 7.05 Å². The van der Waals surface area contributed by atoms with E-state index in [9.17, 15) is 4.79 Å². The molecular weight excluding hydrogens is 288 g/mol. The molecule has 5 nitrogen and oxygen atoms in total. The summed E-state index contributed by atoms with van der Waals surface area (Å²) in [5, 5.41) is 3.02. The zero-order chi connectivity index (χ0) is 16.2. The van der Waals surface area contributed by atoms with Gasteiger partial charge in [-0.1, -0.05) is 30.3 Å². The summed E-state index contributed by atoms with van der Waals surface area (Å²) in [4.78, 5) is 20.9. The summed E-state index contributed by atoms with van der Waals surface area (Å²) in [5.41, 5.74) is 3.34. The molecule has 1 atom stereocenters. The highest BCUT2D eigenvalue weighted by atomic mass is 16.1. The van der Waals surface area contributed by atoms with E-state index < -0.39 is 0 Å². The third-order valence-electron chi connectivity index (χ3n) is 3.90. The van der Waals surface area contributed by atoms with Gasteiger partial charge in [0.15, 0.2) is 5.65 Å². The summed E-state index contributed by atoms with van der Waals surface area (Å²) >= 11 is 0. The number of hydrogen-bond donors (Lipinski definition) is 1. The van der Waals surface area contributed by atoms with Gasteiger partial charge in [-0.15, -0.1) is 0 Å². The van der Waals surface area contributed by atoms with Crippen LogP contribution in [0.15, 0.2) is 48.9 Å². The van der Waals surface area contributed by atoms with Gasteiger partial charge in [-0.3, -0.25) is 4.79 Å². The van der Waals surface area contributed by atoms with E-state index in [0.29, 0.717) is 5.56 Å². The second kappa shape index (κ2) is 6.60. The van der Waals surface area contributed by atoms with E-state index in [-0.39, 0.29) is 11.9 Å². The molecule has 118 valence electrons. The topological polar surface area (TPSA) is 59.8 Å². The summed E-state index contributed by atoms with van der Waals surface area (Å²) in [6.07, 6.45) is 5.14. The van der Waals surface area contributed by atoms with Crippen molar-refractivity contribution in [3.8, 4) is 0 Å². The van der Waals surface area contributed by atoms with Crippen LogP contribution >= 0.6 is 0 Å². The highest BCUT2D eigenvalue weighted by Crippen LogP contribution is 2.11. The number of rotatable bonds is 5. The van der Waals surface area contributed by atoms with Crippen molar-refractivity contribution in [2.45, 2.75) is 25.8 Å². The lowest BCUT2D eigenvalue weighted by Gasteiger charge is -2.13. The Balaban J connectivity index is 1.60. The number of benzene rings is 1. The van der Waals surface area contributed by atoms with Crippen LogP contribution in [0.5, 0.6) is 0 Å². The molecular formula is C18H20N4O. The van der Waals surface area contributed by atoms with Gasteiger partial charge >= 0.3 is 0 Å². The van der Waals surface area contributed by atoms with Crippen molar-refractivity contribution in [2.75, 3.05) is 0 Å². The number of aryl methyl sites for hydroxylation is 2. The summed E-state index contributed by atoms with van der Waals surface area (Å²) in [6.45, 7) is 2.02. The van der Waals surface area contributed by atoms with Gasteiger partial charge < -0.3 is 9.88 Å². The first kappa shape index (κ1) is 15.2. The molecule has 1 unspecified atom stereocenters. The molecule has 3 aromatic rings. The molecule has 0 aliphatic rings. The number of amides is 1. The Hall–Kier alpha value is -2.69. The predicted molar refractivity (Wildman–Crippen MR) is 90.2 cm³/mol. The molecule has 0 radical (unpaired) electrons. The quantitative estimate of drug-likeness (QED) is 0.788. The molecule has 0 spiro atoms. The number of imidazole rings is 1. The largest absolute Gasteiger partial charge is 0.350 e.